The molecule has 0 aliphatic heterocycles. The molecule has 0 radical (unpaired) electrons. The van der Waals surface area contributed by atoms with Crippen molar-refractivity contribution in [1.82, 2.24) is 0 Å². The Hall–Kier alpha value is -3.14. The van der Waals surface area contributed by atoms with Gasteiger partial charge in [0.1, 0.15) is 11.3 Å². The fraction of sp³-hybridized carbons (Fsp3) is 0.0714. The lowest BCUT2D eigenvalue weighted by molar-refractivity contribution is -0.387. The van der Waals surface area contributed by atoms with Gasteiger partial charge in [-0.05, 0) is 18.2 Å². The fourth-order valence-corrected chi connectivity index (χ4v) is 2.99. The van der Waals surface area contributed by atoms with E-state index in [0.717, 1.165) is 18.9 Å². The van der Waals surface area contributed by atoms with Crippen LogP contribution in [0.15, 0.2) is 46.2 Å². The van der Waals surface area contributed by atoms with E-state index >= 15 is 0 Å². The molecule has 0 fully saturated rings. The molecule has 124 valence electrons. The summed E-state index contributed by atoms with van der Waals surface area (Å²) in [7, 11) is 1.09. The van der Waals surface area contributed by atoms with Crippen molar-refractivity contribution in [2.45, 2.75) is 9.79 Å². The maximum Gasteiger partial charge on any atom is 0.345 e. The van der Waals surface area contributed by atoms with Crippen molar-refractivity contribution in [2.75, 3.05) is 12.8 Å². The molecular formula is C14H11N3O6S. The summed E-state index contributed by atoms with van der Waals surface area (Å²) in [5.41, 5.74) is 4.43. The number of nitro benzene ring substituents is 2. The van der Waals surface area contributed by atoms with E-state index in [1.165, 1.54) is 30.3 Å². The number of nitrogen functional groups attached to an aromatic ring is 1. The molecule has 0 aliphatic carbocycles. The summed E-state index contributed by atoms with van der Waals surface area (Å²) in [6, 6.07) is 8.50. The number of esters is 1. The third-order valence-electron chi connectivity index (χ3n) is 2.99. The number of carbonyl (C=O) groups is 1. The zero-order valence-corrected chi connectivity index (χ0v) is 13.1. The average Bonchev–Trinajstić information content (AvgIpc) is 2.53. The fourth-order valence-electron chi connectivity index (χ4n) is 1.98. The Morgan fingerprint density at radius 2 is 1.83 bits per heavy atom. The minimum atomic E-state index is -0.918. The Morgan fingerprint density at radius 3 is 2.42 bits per heavy atom. The maximum absolute atomic E-state index is 11.8. The summed E-state index contributed by atoms with van der Waals surface area (Å²) in [5, 5.41) is 22.1. The molecular weight excluding hydrogens is 338 g/mol. The van der Waals surface area contributed by atoms with Gasteiger partial charge in [-0.2, -0.15) is 0 Å². The van der Waals surface area contributed by atoms with Gasteiger partial charge in [0.25, 0.3) is 5.69 Å². The number of para-hydroxylation sites is 1. The number of methoxy groups -OCH3 is 1. The SMILES string of the molecule is COC(=O)c1cc(Sc2ccccc2[N+](=O)[O-])cc(N)c1[N+](=O)[O-]. The normalized spacial score (nSPS) is 10.2. The number of carbonyl (C=O) groups excluding carboxylic acids is 1. The van der Waals surface area contributed by atoms with Crippen molar-refractivity contribution in [3.63, 3.8) is 0 Å². The summed E-state index contributed by atoms with van der Waals surface area (Å²) in [6.07, 6.45) is 0. The Labute approximate surface area is 139 Å². The average molecular weight is 349 g/mol. The van der Waals surface area contributed by atoms with Crippen LogP contribution in [-0.2, 0) is 4.74 Å². The lowest BCUT2D eigenvalue weighted by atomic mass is 10.1. The van der Waals surface area contributed by atoms with Crippen LogP contribution in [0.2, 0.25) is 0 Å². The number of benzene rings is 2. The van der Waals surface area contributed by atoms with E-state index in [9.17, 15) is 25.0 Å². The first-order valence-electron chi connectivity index (χ1n) is 6.42. The zero-order valence-electron chi connectivity index (χ0n) is 12.3. The van der Waals surface area contributed by atoms with E-state index in [4.69, 9.17) is 5.73 Å². The van der Waals surface area contributed by atoms with Crippen molar-refractivity contribution < 1.29 is 19.4 Å². The summed E-state index contributed by atoms with van der Waals surface area (Å²) in [5.74, 6) is -0.918. The van der Waals surface area contributed by atoms with Crippen LogP contribution in [0.1, 0.15) is 10.4 Å². The van der Waals surface area contributed by atoms with Crippen LogP contribution in [0.3, 0.4) is 0 Å². The first-order valence-corrected chi connectivity index (χ1v) is 7.24. The van der Waals surface area contributed by atoms with E-state index < -0.39 is 21.5 Å². The van der Waals surface area contributed by atoms with E-state index in [2.05, 4.69) is 4.74 Å². The monoisotopic (exact) mass is 349 g/mol. The highest BCUT2D eigenvalue weighted by atomic mass is 32.2. The molecule has 24 heavy (non-hydrogen) atoms. The molecule has 0 aliphatic rings. The van der Waals surface area contributed by atoms with Crippen molar-refractivity contribution in [3.8, 4) is 0 Å². The molecule has 0 saturated heterocycles. The smallest absolute Gasteiger partial charge is 0.345 e. The second-order valence-electron chi connectivity index (χ2n) is 4.48. The van der Waals surface area contributed by atoms with Gasteiger partial charge in [0.2, 0.25) is 0 Å². The number of anilines is 1. The molecule has 2 aromatic carbocycles. The van der Waals surface area contributed by atoms with Gasteiger partial charge in [0.05, 0.1) is 21.9 Å². The third kappa shape index (κ3) is 3.43. The van der Waals surface area contributed by atoms with Crippen LogP contribution in [-0.4, -0.2) is 22.9 Å². The van der Waals surface area contributed by atoms with E-state index in [-0.39, 0.29) is 16.9 Å². The first kappa shape index (κ1) is 17.2. The first-order chi connectivity index (χ1) is 11.3. The summed E-state index contributed by atoms with van der Waals surface area (Å²) >= 11 is 0.967. The molecule has 2 N–H and O–H groups in total. The molecule has 2 rings (SSSR count). The number of nitrogens with zero attached hydrogens (tertiary/aromatic N) is 2. The number of nitrogens with two attached hydrogens (primary N) is 1. The van der Waals surface area contributed by atoms with Gasteiger partial charge in [-0.25, -0.2) is 4.79 Å². The minimum Gasteiger partial charge on any atom is -0.465 e. The lowest BCUT2D eigenvalue weighted by Gasteiger charge is -2.08. The largest absolute Gasteiger partial charge is 0.465 e. The van der Waals surface area contributed by atoms with Gasteiger partial charge in [0, 0.05) is 11.0 Å². The van der Waals surface area contributed by atoms with Crippen LogP contribution < -0.4 is 5.73 Å². The van der Waals surface area contributed by atoms with Gasteiger partial charge in [-0.3, -0.25) is 20.2 Å². The molecule has 10 heteroatoms. The highest BCUT2D eigenvalue weighted by Crippen LogP contribution is 2.38. The van der Waals surface area contributed by atoms with Gasteiger partial charge in [-0.15, -0.1) is 0 Å². The van der Waals surface area contributed by atoms with E-state index in [0.29, 0.717) is 9.79 Å². The molecule has 0 heterocycles. The number of rotatable bonds is 5. The summed E-state index contributed by atoms with van der Waals surface area (Å²) in [4.78, 5) is 33.2. The second kappa shape index (κ2) is 6.96. The third-order valence-corrected chi connectivity index (χ3v) is 4.03. The maximum atomic E-state index is 11.8. The van der Waals surface area contributed by atoms with Gasteiger partial charge >= 0.3 is 11.7 Å². The molecule has 0 unspecified atom stereocenters. The van der Waals surface area contributed by atoms with Crippen LogP contribution >= 0.6 is 11.8 Å². The van der Waals surface area contributed by atoms with Gasteiger partial charge in [-0.1, -0.05) is 23.9 Å². The molecule has 0 saturated carbocycles. The molecule has 0 amide bonds. The minimum absolute atomic E-state index is 0.126. The molecule has 2 aromatic rings. The predicted molar refractivity (Wildman–Crippen MR) is 86.1 cm³/mol. The van der Waals surface area contributed by atoms with Crippen LogP contribution in [0.5, 0.6) is 0 Å². The van der Waals surface area contributed by atoms with Crippen LogP contribution in [0.4, 0.5) is 17.1 Å². The standard InChI is InChI=1S/C14H11N3O6S/c1-23-14(18)9-6-8(7-10(15)13(9)17(21)22)24-12-5-3-2-4-11(12)16(19)20/h2-7H,15H2,1H3. The highest BCUT2D eigenvalue weighted by Gasteiger charge is 2.26. The zero-order chi connectivity index (χ0) is 17.9. The molecule has 0 atom stereocenters. The quantitative estimate of drug-likeness (QED) is 0.376. The number of ether oxygens (including phenoxy) is 1. The topological polar surface area (TPSA) is 139 Å². The molecule has 0 bridgehead atoms. The second-order valence-corrected chi connectivity index (χ2v) is 5.60. The van der Waals surface area contributed by atoms with Gasteiger partial charge < -0.3 is 10.5 Å². The summed E-state index contributed by atoms with van der Waals surface area (Å²) < 4.78 is 4.53. The van der Waals surface area contributed by atoms with Crippen molar-refractivity contribution in [3.05, 3.63) is 62.2 Å². The number of nitro groups is 2. The molecule has 9 nitrogen and oxygen atoms in total. The van der Waals surface area contributed by atoms with Crippen molar-refractivity contribution >= 4 is 34.8 Å². The van der Waals surface area contributed by atoms with E-state index in [1.54, 1.807) is 6.07 Å². The highest BCUT2D eigenvalue weighted by molar-refractivity contribution is 7.99. The molecule has 0 spiro atoms. The number of hydrogen-bond acceptors (Lipinski definition) is 8. The Kier molecular flexibility index (Phi) is 4.99. The predicted octanol–water partition coefficient (Wildman–Crippen LogP) is 3.02. The van der Waals surface area contributed by atoms with Gasteiger partial charge in [0.15, 0.2) is 0 Å². The van der Waals surface area contributed by atoms with Crippen LogP contribution in [0, 0.1) is 20.2 Å². The Balaban J connectivity index is 2.53. The lowest BCUT2D eigenvalue weighted by Crippen LogP contribution is -2.08. The molecule has 0 aromatic heterocycles. The van der Waals surface area contributed by atoms with Crippen molar-refractivity contribution in [1.29, 1.82) is 0 Å². The van der Waals surface area contributed by atoms with Crippen molar-refractivity contribution in [2.24, 2.45) is 0 Å². The number of hydrogen-bond donors (Lipinski definition) is 1. The van der Waals surface area contributed by atoms with E-state index in [1.807, 2.05) is 0 Å². The summed E-state index contributed by atoms with van der Waals surface area (Å²) in [6.45, 7) is 0. The Bertz CT molecular complexity index is 839. The van der Waals surface area contributed by atoms with Crippen LogP contribution in [0.25, 0.3) is 0 Å². The Morgan fingerprint density at radius 1 is 1.17 bits per heavy atom.